The highest BCUT2D eigenvalue weighted by atomic mass is 16.5. The van der Waals surface area contributed by atoms with Crippen LogP contribution in [0, 0.1) is 6.92 Å². The molecule has 0 N–H and O–H groups in total. The monoisotopic (exact) mass is 307 g/mol. The van der Waals surface area contributed by atoms with E-state index in [1.165, 1.54) is 0 Å². The van der Waals surface area contributed by atoms with Crippen molar-refractivity contribution in [3.63, 3.8) is 0 Å². The van der Waals surface area contributed by atoms with E-state index in [-0.39, 0.29) is 18.1 Å². The van der Waals surface area contributed by atoms with Crippen LogP contribution in [0.3, 0.4) is 0 Å². The lowest BCUT2D eigenvalue weighted by Crippen LogP contribution is -2.42. The van der Waals surface area contributed by atoms with Gasteiger partial charge in [-0.2, -0.15) is 4.98 Å². The molecular formula is C14H21N5O3. The van der Waals surface area contributed by atoms with Gasteiger partial charge in [-0.25, -0.2) is 0 Å². The fraction of sp³-hybridized carbons (Fsp3) is 0.714. The lowest BCUT2D eigenvalue weighted by atomic mass is 10.2. The molecule has 0 unspecified atom stereocenters. The molecule has 1 aliphatic heterocycles. The van der Waals surface area contributed by atoms with Crippen molar-refractivity contribution in [2.45, 2.75) is 52.4 Å². The zero-order chi connectivity index (χ0) is 15.7. The summed E-state index contributed by atoms with van der Waals surface area (Å²) in [5, 5.41) is 12.0. The Hall–Kier alpha value is -1.80. The fourth-order valence-corrected chi connectivity index (χ4v) is 2.51. The van der Waals surface area contributed by atoms with Crippen molar-refractivity contribution in [2.24, 2.45) is 0 Å². The number of hydrogen-bond acceptors (Lipinski definition) is 8. The summed E-state index contributed by atoms with van der Waals surface area (Å²) in [6.07, 6.45) is -0.149. The van der Waals surface area contributed by atoms with Crippen molar-refractivity contribution >= 4 is 0 Å². The van der Waals surface area contributed by atoms with Gasteiger partial charge in [-0.15, -0.1) is 10.2 Å². The second kappa shape index (κ2) is 6.13. The number of aromatic nitrogens is 4. The minimum Gasteiger partial charge on any atom is -0.423 e. The van der Waals surface area contributed by atoms with Crippen LogP contribution in [0.2, 0.25) is 0 Å². The summed E-state index contributed by atoms with van der Waals surface area (Å²) in [5.41, 5.74) is 0. The fourth-order valence-electron chi connectivity index (χ4n) is 2.51. The molecule has 0 amide bonds. The Morgan fingerprint density at radius 3 is 2.73 bits per heavy atom. The molecule has 2 atom stereocenters. The van der Waals surface area contributed by atoms with Gasteiger partial charge in [0.2, 0.25) is 17.7 Å². The lowest BCUT2D eigenvalue weighted by molar-refractivity contribution is -0.0923. The van der Waals surface area contributed by atoms with Gasteiger partial charge < -0.3 is 13.7 Å². The first-order valence-electron chi connectivity index (χ1n) is 7.51. The molecule has 0 aliphatic carbocycles. The van der Waals surface area contributed by atoms with E-state index in [1.807, 2.05) is 20.8 Å². The van der Waals surface area contributed by atoms with Crippen LogP contribution in [0.4, 0.5) is 0 Å². The molecule has 120 valence electrons. The summed E-state index contributed by atoms with van der Waals surface area (Å²) in [7, 11) is 0. The zero-order valence-electron chi connectivity index (χ0n) is 13.3. The summed E-state index contributed by atoms with van der Waals surface area (Å²) in [4.78, 5) is 6.63. The van der Waals surface area contributed by atoms with Crippen molar-refractivity contribution < 1.29 is 13.7 Å². The molecule has 22 heavy (non-hydrogen) atoms. The minimum atomic E-state index is -0.221. The number of rotatable bonds is 4. The highest BCUT2D eigenvalue weighted by Crippen LogP contribution is 2.25. The molecule has 1 aliphatic rings. The molecule has 8 heteroatoms. The SMILES string of the molecule is Cc1nnc([C@H]2CN(Cc3noc(C(C)C)n3)C[C@@H](C)O2)o1. The van der Waals surface area contributed by atoms with E-state index in [4.69, 9.17) is 13.7 Å². The Morgan fingerprint density at radius 2 is 2.09 bits per heavy atom. The van der Waals surface area contributed by atoms with Crippen LogP contribution in [0.5, 0.6) is 0 Å². The molecular weight excluding hydrogens is 286 g/mol. The van der Waals surface area contributed by atoms with Crippen molar-refractivity contribution in [1.82, 2.24) is 25.2 Å². The second-order valence-electron chi connectivity index (χ2n) is 5.99. The number of nitrogens with zero attached hydrogens (tertiary/aromatic N) is 5. The molecule has 0 radical (unpaired) electrons. The van der Waals surface area contributed by atoms with Gasteiger partial charge in [0.15, 0.2) is 5.82 Å². The predicted octanol–water partition coefficient (Wildman–Crippen LogP) is 1.85. The third-order valence-corrected chi connectivity index (χ3v) is 3.50. The van der Waals surface area contributed by atoms with E-state index in [9.17, 15) is 0 Å². The number of aryl methyl sites for hydroxylation is 1. The molecule has 0 bridgehead atoms. The second-order valence-corrected chi connectivity index (χ2v) is 5.99. The summed E-state index contributed by atoms with van der Waals surface area (Å²) >= 11 is 0. The Morgan fingerprint density at radius 1 is 1.27 bits per heavy atom. The minimum absolute atomic E-state index is 0.0717. The normalized spacial score (nSPS) is 23.3. The first-order chi connectivity index (χ1) is 10.5. The van der Waals surface area contributed by atoms with Gasteiger partial charge in [-0.1, -0.05) is 19.0 Å². The highest BCUT2D eigenvalue weighted by Gasteiger charge is 2.30. The molecule has 8 nitrogen and oxygen atoms in total. The molecule has 2 aromatic rings. The molecule has 0 aromatic carbocycles. The Kier molecular flexibility index (Phi) is 4.21. The van der Waals surface area contributed by atoms with Crippen LogP contribution in [-0.4, -0.2) is 44.4 Å². The maximum atomic E-state index is 5.89. The number of ether oxygens (including phenoxy) is 1. The van der Waals surface area contributed by atoms with Gasteiger partial charge in [-0.05, 0) is 6.92 Å². The Labute approximate surface area is 128 Å². The largest absolute Gasteiger partial charge is 0.423 e. The molecule has 0 saturated carbocycles. The van der Waals surface area contributed by atoms with Crippen LogP contribution in [0.25, 0.3) is 0 Å². The maximum Gasteiger partial charge on any atom is 0.246 e. The van der Waals surface area contributed by atoms with E-state index < -0.39 is 0 Å². The molecule has 3 rings (SSSR count). The van der Waals surface area contributed by atoms with Crippen LogP contribution in [0.15, 0.2) is 8.94 Å². The predicted molar refractivity (Wildman–Crippen MR) is 76.0 cm³/mol. The van der Waals surface area contributed by atoms with E-state index in [0.717, 1.165) is 6.54 Å². The van der Waals surface area contributed by atoms with Crippen molar-refractivity contribution in [3.05, 3.63) is 23.5 Å². The van der Waals surface area contributed by atoms with Gasteiger partial charge >= 0.3 is 0 Å². The Balaban J connectivity index is 1.67. The quantitative estimate of drug-likeness (QED) is 0.845. The summed E-state index contributed by atoms with van der Waals surface area (Å²) in [5.74, 6) is 2.66. The van der Waals surface area contributed by atoms with Gasteiger partial charge in [0.25, 0.3) is 0 Å². The van der Waals surface area contributed by atoms with Crippen molar-refractivity contribution in [1.29, 1.82) is 0 Å². The molecule has 1 fully saturated rings. The number of morpholine rings is 1. The summed E-state index contributed by atoms with van der Waals surface area (Å²) < 4.78 is 16.6. The van der Waals surface area contributed by atoms with Crippen LogP contribution in [0.1, 0.15) is 56.3 Å². The van der Waals surface area contributed by atoms with Crippen molar-refractivity contribution in [3.8, 4) is 0 Å². The number of hydrogen-bond donors (Lipinski definition) is 0. The third kappa shape index (κ3) is 3.33. The zero-order valence-corrected chi connectivity index (χ0v) is 13.3. The average molecular weight is 307 g/mol. The highest BCUT2D eigenvalue weighted by molar-refractivity contribution is 4.94. The first kappa shape index (κ1) is 15.1. The molecule has 0 spiro atoms. The van der Waals surface area contributed by atoms with Gasteiger partial charge in [-0.3, -0.25) is 4.90 Å². The molecule has 1 saturated heterocycles. The molecule has 2 aromatic heterocycles. The van der Waals surface area contributed by atoms with Crippen molar-refractivity contribution in [2.75, 3.05) is 13.1 Å². The van der Waals surface area contributed by atoms with Crippen LogP contribution in [-0.2, 0) is 11.3 Å². The maximum absolute atomic E-state index is 5.89. The van der Waals surface area contributed by atoms with Gasteiger partial charge in [0.1, 0.15) is 6.10 Å². The Bertz CT molecular complexity index is 624. The van der Waals surface area contributed by atoms with E-state index in [1.54, 1.807) is 6.92 Å². The van der Waals surface area contributed by atoms with E-state index >= 15 is 0 Å². The smallest absolute Gasteiger partial charge is 0.246 e. The van der Waals surface area contributed by atoms with Gasteiger partial charge in [0.05, 0.1) is 12.6 Å². The summed E-state index contributed by atoms with van der Waals surface area (Å²) in [6, 6.07) is 0. The van der Waals surface area contributed by atoms with Gasteiger partial charge in [0, 0.05) is 25.9 Å². The molecule has 3 heterocycles. The summed E-state index contributed by atoms with van der Waals surface area (Å²) in [6.45, 7) is 9.94. The van der Waals surface area contributed by atoms with Crippen LogP contribution < -0.4 is 0 Å². The van der Waals surface area contributed by atoms with Crippen LogP contribution >= 0.6 is 0 Å². The van der Waals surface area contributed by atoms with E-state index in [0.29, 0.717) is 36.6 Å². The third-order valence-electron chi connectivity index (χ3n) is 3.50. The lowest BCUT2D eigenvalue weighted by Gasteiger charge is -2.34. The average Bonchev–Trinajstić information content (AvgIpc) is 3.07. The van der Waals surface area contributed by atoms with E-state index in [2.05, 4.69) is 25.2 Å². The topological polar surface area (TPSA) is 90.3 Å². The first-order valence-corrected chi connectivity index (χ1v) is 7.51. The standard InChI is InChI=1S/C14H21N5O3/c1-8(2)13-15-12(18-22-13)7-19-5-9(3)20-11(6-19)14-17-16-10(4)21-14/h8-9,11H,5-7H2,1-4H3/t9-,11-/m1/s1.